The van der Waals surface area contributed by atoms with Crippen molar-refractivity contribution in [1.29, 1.82) is 0 Å². The van der Waals surface area contributed by atoms with Gasteiger partial charge in [-0.3, -0.25) is 4.79 Å². The van der Waals surface area contributed by atoms with Crippen LogP contribution in [-0.4, -0.2) is 47.1 Å². The monoisotopic (exact) mass is 346 g/mol. The molecule has 0 aliphatic carbocycles. The van der Waals surface area contributed by atoms with E-state index in [0.717, 1.165) is 0 Å². The van der Waals surface area contributed by atoms with Gasteiger partial charge in [0.15, 0.2) is 0 Å². The number of alkyl carbamates (subject to hydrolysis) is 2. The van der Waals surface area contributed by atoms with Gasteiger partial charge in [0, 0.05) is 12.6 Å². The maximum atomic E-state index is 11.7. The van der Waals surface area contributed by atoms with Crippen molar-refractivity contribution >= 4 is 18.2 Å². The summed E-state index contributed by atoms with van der Waals surface area (Å²) in [6, 6.07) is -0.571. The van der Waals surface area contributed by atoms with E-state index in [-0.39, 0.29) is 6.42 Å². The van der Waals surface area contributed by atoms with Crippen LogP contribution in [0.5, 0.6) is 0 Å². The molecule has 0 unspecified atom stereocenters. The van der Waals surface area contributed by atoms with Gasteiger partial charge in [0.25, 0.3) is 0 Å². The zero-order valence-electron chi connectivity index (χ0n) is 15.4. The number of amides is 2. The Morgan fingerprint density at radius 3 is 1.92 bits per heavy atom. The van der Waals surface area contributed by atoms with Gasteiger partial charge in [-0.15, -0.1) is 0 Å². The zero-order valence-corrected chi connectivity index (χ0v) is 15.4. The van der Waals surface area contributed by atoms with E-state index in [0.29, 0.717) is 19.4 Å². The van der Waals surface area contributed by atoms with Crippen LogP contribution in [0.2, 0.25) is 0 Å². The molecule has 0 heterocycles. The SMILES string of the molecule is CC(C)(C)OC(=O)NCCC[C@H](CC(=O)O)NC(=O)OC(C)(C)C. The molecule has 0 aromatic carbocycles. The molecule has 0 aromatic heterocycles. The van der Waals surface area contributed by atoms with Gasteiger partial charge in [0.05, 0.1) is 6.42 Å². The number of hydrogen-bond donors (Lipinski definition) is 3. The van der Waals surface area contributed by atoms with Crippen LogP contribution in [0.1, 0.15) is 60.8 Å². The Morgan fingerprint density at radius 1 is 0.958 bits per heavy atom. The van der Waals surface area contributed by atoms with Crippen LogP contribution in [0.15, 0.2) is 0 Å². The van der Waals surface area contributed by atoms with E-state index in [1.807, 2.05) is 0 Å². The van der Waals surface area contributed by atoms with Gasteiger partial charge in [-0.1, -0.05) is 0 Å². The van der Waals surface area contributed by atoms with E-state index < -0.39 is 35.4 Å². The molecule has 1 atom stereocenters. The summed E-state index contributed by atoms with van der Waals surface area (Å²) in [5.74, 6) is -1.02. The quantitative estimate of drug-likeness (QED) is 0.611. The highest BCUT2D eigenvalue weighted by molar-refractivity contribution is 5.71. The molecule has 140 valence electrons. The number of carbonyl (C=O) groups excluding carboxylic acids is 2. The molecule has 3 N–H and O–H groups in total. The van der Waals surface area contributed by atoms with Crippen LogP contribution in [0, 0.1) is 0 Å². The van der Waals surface area contributed by atoms with E-state index >= 15 is 0 Å². The number of hydrogen-bond acceptors (Lipinski definition) is 5. The molecule has 24 heavy (non-hydrogen) atoms. The molecule has 0 bridgehead atoms. The van der Waals surface area contributed by atoms with E-state index in [2.05, 4.69) is 10.6 Å². The third-order valence-corrected chi connectivity index (χ3v) is 2.54. The van der Waals surface area contributed by atoms with E-state index in [9.17, 15) is 14.4 Å². The van der Waals surface area contributed by atoms with E-state index in [4.69, 9.17) is 14.6 Å². The van der Waals surface area contributed by atoms with Crippen molar-refractivity contribution in [2.45, 2.75) is 78.0 Å². The van der Waals surface area contributed by atoms with Crippen molar-refractivity contribution in [2.75, 3.05) is 6.54 Å². The lowest BCUT2D eigenvalue weighted by molar-refractivity contribution is -0.137. The average Bonchev–Trinajstić information content (AvgIpc) is 2.28. The van der Waals surface area contributed by atoms with Crippen LogP contribution in [0.25, 0.3) is 0 Å². The second-order valence-electron chi connectivity index (χ2n) is 7.51. The first-order valence-electron chi connectivity index (χ1n) is 7.96. The maximum Gasteiger partial charge on any atom is 0.407 e. The predicted octanol–water partition coefficient (Wildman–Crippen LogP) is 2.66. The van der Waals surface area contributed by atoms with Gasteiger partial charge >= 0.3 is 18.2 Å². The summed E-state index contributed by atoms with van der Waals surface area (Å²) in [4.78, 5) is 34.1. The molecule has 0 spiro atoms. The molecule has 0 rings (SSSR count). The molecule has 0 radical (unpaired) electrons. The second-order valence-corrected chi connectivity index (χ2v) is 7.51. The van der Waals surface area contributed by atoms with Crippen LogP contribution < -0.4 is 10.6 Å². The molecule has 0 saturated heterocycles. The Kier molecular flexibility index (Phi) is 8.57. The highest BCUT2D eigenvalue weighted by Crippen LogP contribution is 2.09. The highest BCUT2D eigenvalue weighted by Gasteiger charge is 2.21. The summed E-state index contributed by atoms with van der Waals surface area (Å²) in [5, 5.41) is 14.1. The number of ether oxygens (including phenoxy) is 2. The molecular formula is C16H30N2O6. The smallest absolute Gasteiger partial charge is 0.407 e. The summed E-state index contributed by atoms with van der Waals surface area (Å²) in [6.45, 7) is 10.8. The van der Waals surface area contributed by atoms with Crippen LogP contribution in [0.4, 0.5) is 9.59 Å². The Labute approximate surface area is 143 Å². The first-order valence-corrected chi connectivity index (χ1v) is 7.96. The molecule has 0 aromatic rings. The van der Waals surface area contributed by atoms with Crippen LogP contribution >= 0.6 is 0 Å². The molecule has 8 heteroatoms. The summed E-state index contributed by atoms with van der Waals surface area (Å²) >= 11 is 0. The van der Waals surface area contributed by atoms with Crippen molar-refractivity contribution in [3.8, 4) is 0 Å². The normalized spacial score (nSPS) is 12.9. The standard InChI is InChI=1S/C16H30N2O6/c1-15(2,3)23-13(21)17-9-7-8-11(10-12(19)20)18-14(22)24-16(4,5)6/h11H,7-10H2,1-6H3,(H,17,21)(H,18,22)(H,19,20)/t11-/m1/s1. The molecule has 0 saturated carbocycles. The highest BCUT2D eigenvalue weighted by atomic mass is 16.6. The van der Waals surface area contributed by atoms with Crippen LogP contribution in [-0.2, 0) is 14.3 Å². The lowest BCUT2D eigenvalue weighted by atomic mass is 10.1. The number of aliphatic carboxylic acids is 1. The first kappa shape index (κ1) is 22.0. The zero-order chi connectivity index (χ0) is 19.0. The van der Waals surface area contributed by atoms with Gasteiger partial charge < -0.3 is 25.2 Å². The Hall–Kier alpha value is -1.99. The Bertz CT molecular complexity index is 437. The van der Waals surface area contributed by atoms with Crippen molar-refractivity contribution in [2.24, 2.45) is 0 Å². The summed E-state index contributed by atoms with van der Waals surface area (Å²) in [7, 11) is 0. The van der Waals surface area contributed by atoms with E-state index in [1.54, 1.807) is 41.5 Å². The molecule has 0 aliphatic heterocycles. The van der Waals surface area contributed by atoms with Crippen molar-refractivity contribution in [1.82, 2.24) is 10.6 Å². The van der Waals surface area contributed by atoms with Gasteiger partial charge in [-0.25, -0.2) is 9.59 Å². The lowest BCUT2D eigenvalue weighted by Gasteiger charge is -2.23. The lowest BCUT2D eigenvalue weighted by Crippen LogP contribution is -2.40. The minimum Gasteiger partial charge on any atom is -0.481 e. The maximum absolute atomic E-state index is 11.7. The van der Waals surface area contributed by atoms with Gasteiger partial charge in [0.2, 0.25) is 0 Å². The number of nitrogens with one attached hydrogen (secondary N) is 2. The summed E-state index contributed by atoms with van der Waals surface area (Å²) < 4.78 is 10.2. The Morgan fingerprint density at radius 2 is 1.46 bits per heavy atom. The third-order valence-electron chi connectivity index (χ3n) is 2.54. The fourth-order valence-electron chi connectivity index (χ4n) is 1.76. The summed E-state index contributed by atoms with van der Waals surface area (Å²) in [5.41, 5.74) is -1.23. The predicted molar refractivity (Wildman–Crippen MR) is 88.9 cm³/mol. The topological polar surface area (TPSA) is 114 Å². The van der Waals surface area contributed by atoms with Gasteiger partial charge in [-0.2, -0.15) is 0 Å². The Balaban J connectivity index is 4.27. The van der Waals surface area contributed by atoms with Gasteiger partial charge in [-0.05, 0) is 54.4 Å². The molecule has 0 fully saturated rings. The number of carboxylic acid groups (broad SMARTS) is 1. The van der Waals surface area contributed by atoms with Crippen molar-refractivity contribution in [3.63, 3.8) is 0 Å². The fraction of sp³-hybridized carbons (Fsp3) is 0.812. The fourth-order valence-corrected chi connectivity index (χ4v) is 1.76. The average molecular weight is 346 g/mol. The second kappa shape index (κ2) is 9.34. The molecule has 0 aliphatic rings. The molecular weight excluding hydrogens is 316 g/mol. The minimum atomic E-state index is -1.02. The number of rotatable bonds is 7. The van der Waals surface area contributed by atoms with Crippen molar-refractivity contribution < 1.29 is 29.0 Å². The summed E-state index contributed by atoms with van der Waals surface area (Å²) in [6.07, 6.45) is -0.522. The first-order chi connectivity index (χ1) is 10.8. The molecule has 8 nitrogen and oxygen atoms in total. The minimum absolute atomic E-state index is 0.217. The third kappa shape index (κ3) is 13.7. The number of carbonyl (C=O) groups is 3. The van der Waals surface area contributed by atoms with Crippen molar-refractivity contribution in [3.05, 3.63) is 0 Å². The van der Waals surface area contributed by atoms with Gasteiger partial charge in [0.1, 0.15) is 11.2 Å². The largest absolute Gasteiger partial charge is 0.481 e. The van der Waals surface area contributed by atoms with E-state index in [1.165, 1.54) is 0 Å². The van der Waals surface area contributed by atoms with Crippen LogP contribution in [0.3, 0.4) is 0 Å². The number of carboxylic acids is 1. The molecule has 2 amide bonds.